The number of anilines is 3. The van der Waals surface area contributed by atoms with Gasteiger partial charge in [0.05, 0.1) is 50.0 Å². The van der Waals surface area contributed by atoms with Crippen LogP contribution in [0, 0.1) is 0 Å². The second-order valence-electron chi connectivity index (χ2n) is 9.12. The molecule has 2 aromatic carbocycles. The average Bonchev–Trinajstić information content (AvgIpc) is 3.36. The Morgan fingerprint density at radius 1 is 1.00 bits per heavy atom. The van der Waals surface area contributed by atoms with Crippen molar-refractivity contribution in [1.82, 2.24) is 19.5 Å². The molecular formula is C27H31ClN6O4. The fraction of sp³-hybridized carbons (Fsp3) is 0.333. The summed E-state index contributed by atoms with van der Waals surface area (Å²) in [5.74, 6) is 1.79. The van der Waals surface area contributed by atoms with Crippen LogP contribution in [0.25, 0.3) is 16.8 Å². The Hall–Kier alpha value is -3.57. The van der Waals surface area contributed by atoms with Crippen molar-refractivity contribution in [2.24, 2.45) is 0 Å². The van der Waals surface area contributed by atoms with Crippen LogP contribution in [-0.4, -0.2) is 89.4 Å². The van der Waals surface area contributed by atoms with E-state index >= 15 is 0 Å². The van der Waals surface area contributed by atoms with Gasteiger partial charge in [-0.25, -0.2) is 9.50 Å². The number of methoxy groups -OCH3 is 2. The number of hydrogen-bond donors (Lipinski definition) is 3. The number of aliphatic hydroxyl groups is 2. The van der Waals surface area contributed by atoms with Crippen LogP contribution in [0.15, 0.2) is 54.7 Å². The summed E-state index contributed by atoms with van der Waals surface area (Å²) in [4.78, 5) is 8.92. The maximum Gasteiger partial charge on any atom is 0.245 e. The number of ether oxygens (including phenoxy) is 2. The number of hydrogen-bond acceptors (Lipinski definition) is 9. The van der Waals surface area contributed by atoms with Gasteiger partial charge in [0.1, 0.15) is 11.5 Å². The topological polar surface area (TPSA) is 108 Å². The first-order chi connectivity index (χ1) is 18.5. The van der Waals surface area contributed by atoms with Gasteiger partial charge in [0.15, 0.2) is 0 Å². The lowest BCUT2D eigenvalue weighted by Gasteiger charge is -2.36. The molecule has 3 heterocycles. The zero-order chi connectivity index (χ0) is 26.6. The number of nitrogens with one attached hydrogen (secondary N) is 1. The van der Waals surface area contributed by atoms with Crippen LogP contribution in [0.2, 0.25) is 5.02 Å². The van der Waals surface area contributed by atoms with E-state index in [0.717, 1.165) is 54.3 Å². The molecule has 4 aromatic rings. The fourth-order valence-electron chi connectivity index (χ4n) is 4.69. The van der Waals surface area contributed by atoms with Crippen molar-refractivity contribution in [2.45, 2.75) is 6.10 Å². The van der Waals surface area contributed by atoms with Gasteiger partial charge in [-0.3, -0.25) is 4.90 Å². The number of halogens is 1. The highest BCUT2D eigenvalue weighted by molar-refractivity contribution is 6.31. The van der Waals surface area contributed by atoms with Crippen molar-refractivity contribution < 1.29 is 19.7 Å². The first kappa shape index (κ1) is 26.1. The average molecular weight is 539 g/mol. The summed E-state index contributed by atoms with van der Waals surface area (Å²) in [7, 11) is 3.26. The van der Waals surface area contributed by atoms with Crippen molar-refractivity contribution >= 4 is 34.4 Å². The number of rotatable bonds is 9. The van der Waals surface area contributed by atoms with E-state index in [1.807, 2.05) is 42.5 Å². The molecule has 10 nitrogen and oxygen atoms in total. The minimum atomic E-state index is -0.705. The summed E-state index contributed by atoms with van der Waals surface area (Å²) in [6.45, 7) is 3.51. The van der Waals surface area contributed by atoms with Gasteiger partial charge in [0, 0.05) is 55.1 Å². The van der Waals surface area contributed by atoms with Crippen LogP contribution in [0.3, 0.4) is 0 Å². The highest BCUT2D eigenvalue weighted by Crippen LogP contribution is 2.34. The number of piperazine rings is 1. The first-order valence-electron chi connectivity index (χ1n) is 12.4. The van der Waals surface area contributed by atoms with Crippen molar-refractivity contribution in [3.63, 3.8) is 0 Å². The van der Waals surface area contributed by atoms with E-state index < -0.39 is 6.10 Å². The molecule has 0 radical (unpaired) electrons. The quantitative estimate of drug-likeness (QED) is 0.296. The predicted molar refractivity (Wildman–Crippen MR) is 148 cm³/mol. The fourth-order valence-corrected chi connectivity index (χ4v) is 4.86. The molecule has 1 unspecified atom stereocenters. The third kappa shape index (κ3) is 5.48. The SMILES string of the molecule is COc1cc(N2CCN(CC(O)CO)CC2)ccc1Nc1ncc2ccc(-c3cc(Cl)ccc3OC)n2n1. The van der Waals surface area contributed by atoms with Gasteiger partial charge in [0.2, 0.25) is 5.95 Å². The van der Waals surface area contributed by atoms with Gasteiger partial charge in [0.25, 0.3) is 0 Å². The predicted octanol–water partition coefficient (Wildman–Crippen LogP) is 3.29. The van der Waals surface area contributed by atoms with Crippen molar-refractivity contribution in [3.8, 4) is 22.8 Å². The third-order valence-electron chi connectivity index (χ3n) is 6.68. The molecule has 0 bridgehead atoms. The summed E-state index contributed by atoms with van der Waals surface area (Å²) in [6, 6.07) is 15.4. The van der Waals surface area contributed by atoms with Crippen LogP contribution >= 0.6 is 11.6 Å². The normalized spacial score (nSPS) is 15.0. The van der Waals surface area contributed by atoms with Crippen LogP contribution < -0.4 is 19.7 Å². The van der Waals surface area contributed by atoms with E-state index in [1.54, 1.807) is 31.0 Å². The first-order valence-corrected chi connectivity index (χ1v) is 12.8. The smallest absolute Gasteiger partial charge is 0.245 e. The van der Waals surface area contributed by atoms with E-state index in [2.05, 4.69) is 20.1 Å². The van der Waals surface area contributed by atoms with Crippen LogP contribution in [0.5, 0.6) is 11.5 Å². The van der Waals surface area contributed by atoms with E-state index in [-0.39, 0.29) is 6.61 Å². The van der Waals surface area contributed by atoms with Crippen molar-refractivity contribution in [2.75, 3.05) is 63.8 Å². The number of benzene rings is 2. The molecule has 1 aliphatic rings. The molecular weight excluding hydrogens is 508 g/mol. The Labute approximate surface area is 226 Å². The molecule has 1 saturated heterocycles. The molecule has 2 aromatic heterocycles. The Bertz CT molecular complexity index is 1410. The van der Waals surface area contributed by atoms with Crippen molar-refractivity contribution in [1.29, 1.82) is 0 Å². The maximum atomic E-state index is 9.72. The minimum Gasteiger partial charge on any atom is -0.496 e. The van der Waals surface area contributed by atoms with Gasteiger partial charge >= 0.3 is 0 Å². The van der Waals surface area contributed by atoms with E-state index in [0.29, 0.717) is 29.0 Å². The standard InChI is InChI=1S/C27H31ClN6O4/c1-37-25-8-3-18(28)13-22(25)24-7-5-20-15-29-27(31-34(20)24)30-23-6-4-19(14-26(23)38-2)33-11-9-32(10-12-33)16-21(36)17-35/h3-8,13-15,21,35-36H,9-12,16-17H2,1-2H3,(H,30,31). The number of aromatic nitrogens is 3. The Balaban J connectivity index is 1.36. The highest BCUT2D eigenvalue weighted by atomic mass is 35.5. The molecule has 0 amide bonds. The Morgan fingerprint density at radius 3 is 2.53 bits per heavy atom. The summed E-state index contributed by atoms with van der Waals surface area (Å²) >= 11 is 6.27. The molecule has 0 spiro atoms. The summed E-state index contributed by atoms with van der Waals surface area (Å²) < 4.78 is 13.0. The lowest BCUT2D eigenvalue weighted by atomic mass is 10.1. The lowest BCUT2D eigenvalue weighted by Crippen LogP contribution is -2.49. The zero-order valence-electron chi connectivity index (χ0n) is 21.3. The second-order valence-corrected chi connectivity index (χ2v) is 9.55. The van der Waals surface area contributed by atoms with E-state index in [1.165, 1.54) is 0 Å². The summed E-state index contributed by atoms with van der Waals surface area (Å²) in [5, 5.41) is 27.4. The van der Waals surface area contributed by atoms with Gasteiger partial charge < -0.3 is 29.9 Å². The second kappa shape index (κ2) is 11.4. The third-order valence-corrected chi connectivity index (χ3v) is 6.92. The monoisotopic (exact) mass is 538 g/mol. The summed E-state index contributed by atoms with van der Waals surface area (Å²) in [6.07, 6.45) is 1.05. The molecule has 1 fully saturated rings. The molecule has 200 valence electrons. The molecule has 0 aliphatic carbocycles. The number of nitrogens with zero attached hydrogens (tertiary/aromatic N) is 5. The van der Waals surface area contributed by atoms with Gasteiger partial charge in [-0.2, -0.15) is 0 Å². The van der Waals surface area contributed by atoms with Gasteiger partial charge in [-0.1, -0.05) is 11.6 Å². The lowest BCUT2D eigenvalue weighted by molar-refractivity contribution is 0.0575. The molecule has 38 heavy (non-hydrogen) atoms. The molecule has 11 heteroatoms. The van der Waals surface area contributed by atoms with Crippen LogP contribution in [0.1, 0.15) is 0 Å². The minimum absolute atomic E-state index is 0.219. The molecule has 3 N–H and O–H groups in total. The largest absolute Gasteiger partial charge is 0.496 e. The Kier molecular flexibility index (Phi) is 7.85. The maximum absolute atomic E-state index is 9.72. The van der Waals surface area contributed by atoms with Crippen LogP contribution in [-0.2, 0) is 0 Å². The number of aliphatic hydroxyl groups excluding tert-OH is 2. The highest BCUT2D eigenvalue weighted by Gasteiger charge is 2.20. The number of fused-ring (bicyclic) bond motifs is 1. The molecule has 0 saturated carbocycles. The van der Waals surface area contributed by atoms with E-state index in [4.69, 9.17) is 31.3 Å². The van der Waals surface area contributed by atoms with E-state index in [9.17, 15) is 5.11 Å². The molecule has 1 atom stereocenters. The Morgan fingerprint density at radius 2 is 1.79 bits per heavy atom. The molecule has 1 aliphatic heterocycles. The molecule has 5 rings (SSSR count). The van der Waals surface area contributed by atoms with Gasteiger partial charge in [-0.05, 0) is 42.5 Å². The zero-order valence-corrected chi connectivity index (χ0v) is 22.1. The van der Waals surface area contributed by atoms with Gasteiger partial charge in [-0.15, -0.1) is 5.10 Å². The van der Waals surface area contributed by atoms with Crippen molar-refractivity contribution in [3.05, 3.63) is 59.8 Å². The summed E-state index contributed by atoms with van der Waals surface area (Å²) in [5.41, 5.74) is 4.29. The number of β-amino-alcohol motifs (C(OH)–C–C–N with tert-alkyl or cyclic N) is 1. The van der Waals surface area contributed by atoms with Crippen LogP contribution in [0.4, 0.5) is 17.3 Å².